The molecular formula is C20H16N6O. The van der Waals surface area contributed by atoms with Crippen LogP contribution in [-0.2, 0) is 11.3 Å². The number of rotatable bonds is 5. The molecule has 0 spiro atoms. The molecule has 1 heterocycles. The van der Waals surface area contributed by atoms with Crippen molar-refractivity contribution in [3.8, 4) is 11.4 Å². The monoisotopic (exact) mass is 356 g/mol. The maximum Gasteiger partial charge on any atom is 0.263 e. The number of aromatic nitrogens is 4. The molecule has 3 aromatic carbocycles. The molecule has 0 atom stereocenters. The first-order chi connectivity index (χ1) is 13.3. The summed E-state index contributed by atoms with van der Waals surface area (Å²) in [4.78, 5) is 13.2. The average molecular weight is 356 g/mol. The van der Waals surface area contributed by atoms with Gasteiger partial charge < -0.3 is 0 Å². The van der Waals surface area contributed by atoms with Gasteiger partial charge in [0.2, 0.25) is 5.82 Å². The van der Waals surface area contributed by atoms with E-state index in [4.69, 9.17) is 0 Å². The summed E-state index contributed by atoms with van der Waals surface area (Å²) in [5.74, 6) is 0.145. The first-order valence-corrected chi connectivity index (χ1v) is 8.42. The molecule has 27 heavy (non-hydrogen) atoms. The van der Waals surface area contributed by atoms with Gasteiger partial charge in [0.1, 0.15) is 6.54 Å². The zero-order valence-corrected chi connectivity index (χ0v) is 14.4. The van der Waals surface area contributed by atoms with Crippen LogP contribution >= 0.6 is 0 Å². The summed E-state index contributed by atoms with van der Waals surface area (Å²) in [6.07, 6.45) is 1.61. The van der Waals surface area contributed by atoms with Crippen LogP contribution < -0.4 is 5.43 Å². The Bertz CT molecular complexity index is 1100. The third-order valence-electron chi connectivity index (χ3n) is 3.95. The van der Waals surface area contributed by atoms with Gasteiger partial charge in [0, 0.05) is 5.56 Å². The van der Waals surface area contributed by atoms with Crippen LogP contribution in [0.2, 0.25) is 0 Å². The predicted molar refractivity (Wildman–Crippen MR) is 103 cm³/mol. The smallest absolute Gasteiger partial charge is 0.263 e. The SMILES string of the molecule is O=C(Cn1nnc(-c2ccccc2)n1)N/N=C/c1ccc2ccccc2c1. The molecule has 0 aliphatic carbocycles. The molecule has 0 fully saturated rings. The second kappa shape index (κ2) is 7.57. The van der Waals surface area contributed by atoms with Crippen LogP contribution in [0.1, 0.15) is 5.56 Å². The Hall–Kier alpha value is -3.87. The number of benzene rings is 3. The third-order valence-corrected chi connectivity index (χ3v) is 3.95. The maximum atomic E-state index is 12.0. The van der Waals surface area contributed by atoms with E-state index in [0.717, 1.165) is 21.9 Å². The molecule has 4 aromatic rings. The van der Waals surface area contributed by atoms with Gasteiger partial charge in [-0.15, -0.1) is 10.2 Å². The number of carbonyl (C=O) groups is 1. The number of carbonyl (C=O) groups excluding carboxylic acids is 1. The van der Waals surface area contributed by atoms with Gasteiger partial charge in [-0.25, -0.2) is 5.43 Å². The number of hydrazone groups is 1. The molecule has 0 saturated carbocycles. The molecule has 7 nitrogen and oxygen atoms in total. The molecular weight excluding hydrogens is 340 g/mol. The van der Waals surface area contributed by atoms with Crippen molar-refractivity contribution in [2.45, 2.75) is 6.54 Å². The standard InChI is InChI=1S/C20H16N6O/c27-19(14-26-24-20(23-25-26)17-7-2-1-3-8-17)22-21-13-15-10-11-16-6-4-5-9-18(16)12-15/h1-13H,14H2,(H,22,27)/b21-13+. The minimum Gasteiger partial charge on any atom is -0.271 e. The van der Waals surface area contributed by atoms with Crippen molar-refractivity contribution in [2.24, 2.45) is 5.10 Å². The second-order valence-electron chi connectivity index (χ2n) is 5.91. The summed E-state index contributed by atoms with van der Waals surface area (Å²) in [7, 11) is 0. The maximum absolute atomic E-state index is 12.0. The van der Waals surface area contributed by atoms with E-state index in [0.29, 0.717) is 5.82 Å². The highest BCUT2D eigenvalue weighted by Crippen LogP contribution is 2.14. The molecule has 1 N–H and O–H groups in total. The normalized spacial score (nSPS) is 11.1. The number of fused-ring (bicyclic) bond motifs is 1. The van der Waals surface area contributed by atoms with Crippen molar-refractivity contribution in [2.75, 3.05) is 0 Å². The second-order valence-corrected chi connectivity index (χ2v) is 5.91. The number of nitrogens with one attached hydrogen (secondary N) is 1. The fraction of sp³-hybridized carbons (Fsp3) is 0.0500. The Labute approximate surface area is 155 Å². The quantitative estimate of drug-likeness (QED) is 0.440. The predicted octanol–water partition coefficient (Wildman–Crippen LogP) is 2.64. The van der Waals surface area contributed by atoms with Crippen LogP contribution in [0.3, 0.4) is 0 Å². The van der Waals surface area contributed by atoms with Gasteiger partial charge in [-0.1, -0.05) is 66.7 Å². The Morgan fingerprint density at radius 2 is 1.78 bits per heavy atom. The number of nitrogens with zero attached hydrogens (tertiary/aromatic N) is 5. The molecule has 7 heteroatoms. The van der Waals surface area contributed by atoms with Gasteiger partial charge in [-0.3, -0.25) is 4.79 Å². The summed E-state index contributed by atoms with van der Waals surface area (Å²) in [6.45, 7) is -0.0606. The first-order valence-electron chi connectivity index (χ1n) is 8.42. The van der Waals surface area contributed by atoms with Gasteiger partial charge in [-0.05, 0) is 27.6 Å². The van der Waals surface area contributed by atoms with Crippen LogP contribution in [0, 0.1) is 0 Å². The highest BCUT2D eigenvalue weighted by Gasteiger charge is 2.08. The number of hydrogen-bond acceptors (Lipinski definition) is 5. The molecule has 0 radical (unpaired) electrons. The summed E-state index contributed by atoms with van der Waals surface area (Å²) in [5, 5.41) is 18.3. The number of hydrogen-bond donors (Lipinski definition) is 1. The van der Waals surface area contributed by atoms with Crippen molar-refractivity contribution in [3.63, 3.8) is 0 Å². The van der Waals surface area contributed by atoms with Gasteiger partial charge in [0.15, 0.2) is 0 Å². The molecule has 0 aliphatic heterocycles. The van der Waals surface area contributed by atoms with Crippen molar-refractivity contribution in [3.05, 3.63) is 78.4 Å². The first kappa shape index (κ1) is 16.6. The van der Waals surface area contributed by atoms with Gasteiger partial charge in [0.25, 0.3) is 5.91 Å². The molecule has 0 aliphatic rings. The van der Waals surface area contributed by atoms with Crippen LogP contribution in [-0.4, -0.2) is 32.3 Å². The van der Waals surface area contributed by atoms with E-state index in [1.807, 2.05) is 72.8 Å². The van der Waals surface area contributed by atoms with Crippen molar-refractivity contribution in [1.82, 2.24) is 25.6 Å². The summed E-state index contributed by atoms with van der Waals surface area (Å²) >= 11 is 0. The summed E-state index contributed by atoms with van der Waals surface area (Å²) in [5.41, 5.74) is 4.23. The minimum absolute atomic E-state index is 0.0606. The topological polar surface area (TPSA) is 85.1 Å². The molecule has 1 aromatic heterocycles. The van der Waals surface area contributed by atoms with E-state index in [-0.39, 0.29) is 12.5 Å². The van der Waals surface area contributed by atoms with Crippen molar-refractivity contribution in [1.29, 1.82) is 0 Å². The van der Waals surface area contributed by atoms with Gasteiger partial charge in [-0.2, -0.15) is 9.90 Å². The molecule has 0 bridgehead atoms. The molecule has 0 unspecified atom stereocenters. The van der Waals surface area contributed by atoms with Gasteiger partial charge in [0.05, 0.1) is 6.21 Å². The van der Waals surface area contributed by atoms with Crippen LogP contribution in [0.4, 0.5) is 0 Å². The Kier molecular flexibility index (Phi) is 4.65. The molecule has 0 saturated heterocycles. The average Bonchev–Trinajstić information content (AvgIpc) is 3.17. The summed E-state index contributed by atoms with van der Waals surface area (Å²) in [6, 6.07) is 23.5. The lowest BCUT2D eigenvalue weighted by atomic mass is 10.1. The minimum atomic E-state index is -0.330. The van der Waals surface area contributed by atoms with E-state index in [9.17, 15) is 4.79 Å². The van der Waals surface area contributed by atoms with E-state index in [1.54, 1.807) is 6.21 Å². The largest absolute Gasteiger partial charge is 0.271 e. The van der Waals surface area contributed by atoms with E-state index in [2.05, 4.69) is 25.9 Å². The third kappa shape index (κ3) is 4.04. The van der Waals surface area contributed by atoms with E-state index in [1.165, 1.54) is 4.80 Å². The van der Waals surface area contributed by atoms with E-state index < -0.39 is 0 Å². The molecule has 1 amide bonds. The number of tetrazole rings is 1. The number of amides is 1. The highest BCUT2D eigenvalue weighted by atomic mass is 16.2. The lowest BCUT2D eigenvalue weighted by molar-refractivity contribution is -0.122. The van der Waals surface area contributed by atoms with Gasteiger partial charge >= 0.3 is 0 Å². The van der Waals surface area contributed by atoms with E-state index >= 15 is 0 Å². The Morgan fingerprint density at radius 3 is 2.63 bits per heavy atom. The molecule has 132 valence electrons. The van der Waals surface area contributed by atoms with Crippen molar-refractivity contribution < 1.29 is 4.79 Å². The fourth-order valence-electron chi connectivity index (χ4n) is 2.64. The Balaban J connectivity index is 1.36. The zero-order chi connectivity index (χ0) is 18.5. The zero-order valence-electron chi connectivity index (χ0n) is 14.4. The Morgan fingerprint density at radius 1 is 1.00 bits per heavy atom. The summed E-state index contributed by atoms with van der Waals surface area (Å²) < 4.78 is 0. The lowest BCUT2D eigenvalue weighted by Gasteiger charge is -2.00. The van der Waals surface area contributed by atoms with Crippen LogP contribution in [0.25, 0.3) is 22.2 Å². The fourth-order valence-corrected chi connectivity index (χ4v) is 2.64. The highest BCUT2D eigenvalue weighted by molar-refractivity contribution is 5.90. The van der Waals surface area contributed by atoms with Crippen molar-refractivity contribution >= 4 is 22.9 Å². The van der Waals surface area contributed by atoms with Crippen LogP contribution in [0.15, 0.2) is 77.9 Å². The van der Waals surface area contributed by atoms with Crippen LogP contribution in [0.5, 0.6) is 0 Å². The molecule has 4 rings (SSSR count). The lowest BCUT2D eigenvalue weighted by Crippen LogP contribution is -2.24.